The van der Waals surface area contributed by atoms with Crippen LogP contribution in [0.4, 0.5) is 10.2 Å². The standard InChI is InChI=1S/C29H35FN6O/c1-20(2)9-14-26-31-28(27-21(3)33-36(29(27)32-26)24-12-10-23(30)11-13-24)35-16-6-15-34(17-18-35)19-22-7-4-5-8-25(22)37/h4-5,7-8,10-13,20,37H,6,9,14-19H2,1-3H3. The van der Waals surface area contributed by atoms with E-state index in [1.54, 1.807) is 18.2 Å². The number of anilines is 1. The molecular weight excluding hydrogens is 467 g/mol. The number of benzene rings is 2. The number of para-hydroxylation sites is 1. The summed E-state index contributed by atoms with van der Waals surface area (Å²) in [5.74, 6) is 2.36. The van der Waals surface area contributed by atoms with E-state index < -0.39 is 0 Å². The molecule has 0 saturated carbocycles. The van der Waals surface area contributed by atoms with Crippen molar-refractivity contribution in [1.82, 2.24) is 24.6 Å². The Morgan fingerprint density at radius 2 is 1.76 bits per heavy atom. The Morgan fingerprint density at radius 1 is 0.973 bits per heavy atom. The van der Waals surface area contributed by atoms with Gasteiger partial charge in [-0.1, -0.05) is 32.0 Å². The van der Waals surface area contributed by atoms with Gasteiger partial charge in [-0.3, -0.25) is 4.90 Å². The van der Waals surface area contributed by atoms with E-state index in [0.29, 0.717) is 11.7 Å². The van der Waals surface area contributed by atoms with E-state index >= 15 is 0 Å². The largest absolute Gasteiger partial charge is 0.508 e. The van der Waals surface area contributed by atoms with Crippen LogP contribution in [0.3, 0.4) is 0 Å². The summed E-state index contributed by atoms with van der Waals surface area (Å²) in [6, 6.07) is 13.9. The predicted octanol–water partition coefficient (Wildman–Crippen LogP) is 5.27. The molecule has 2 aromatic heterocycles. The molecule has 0 bridgehead atoms. The van der Waals surface area contributed by atoms with Crippen molar-refractivity contribution in [3.8, 4) is 11.4 Å². The van der Waals surface area contributed by atoms with Gasteiger partial charge in [0.25, 0.3) is 0 Å². The molecule has 7 nitrogen and oxygen atoms in total. The Bertz CT molecular complexity index is 1370. The Morgan fingerprint density at radius 3 is 2.51 bits per heavy atom. The van der Waals surface area contributed by atoms with Crippen molar-refractivity contribution in [1.29, 1.82) is 0 Å². The highest BCUT2D eigenvalue weighted by molar-refractivity contribution is 5.91. The summed E-state index contributed by atoms with van der Waals surface area (Å²) < 4.78 is 15.4. The Labute approximate surface area is 217 Å². The van der Waals surface area contributed by atoms with E-state index in [2.05, 4.69) is 23.6 Å². The topological polar surface area (TPSA) is 70.3 Å². The van der Waals surface area contributed by atoms with Crippen LogP contribution in [0.2, 0.25) is 0 Å². The lowest BCUT2D eigenvalue weighted by molar-refractivity contribution is 0.281. The van der Waals surface area contributed by atoms with Gasteiger partial charge < -0.3 is 10.0 Å². The molecule has 8 heteroatoms. The molecule has 1 saturated heterocycles. The molecule has 5 rings (SSSR count). The second-order valence-electron chi connectivity index (χ2n) is 10.3. The third-order valence-electron chi connectivity index (χ3n) is 7.02. The first kappa shape index (κ1) is 25.1. The highest BCUT2D eigenvalue weighted by atomic mass is 19.1. The summed E-state index contributed by atoms with van der Waals surface area (Å²) in [5.41, 5.74) is 3.36. The average molecular weight is 503 g/mol. The molecule has 2 aromatic carbocycles. The number of hydrogen-bond donors (Lipinski definition) is 1. The third kappa shape index (κ3) is 5.59. The number of halogens is 1. The molecule has 0 spiro atoms. The van der Waals surface area contributed by atoms with Crippen LogP contribution in [0.1, 0.15) is 43.8 Å². The molecule has 0 radical (unpaired) electrons. The van der Waals surface area contributed by atoms with Crippen molar-refractivity contribution < 1.29 is 9.50 Å². The van der Waals surface area contributed by atoms with Gasteiger partial charge in [-0.05, 0) is 56.0 Å². The van der Waals surface area contributed by atoms with Gasteiger partial charge in [0.15, 0.2) is 5.65 Å². The van der Waals surface area contributed by atoms with Crippen molar-refractivity contribution in [2.45, 2.75) is 46.6 Å². The van der Waals surface area contributed by atoms with Gasteiger partial charge >= 0.3 is 0 Å². The van der Waals surface area contributed by atoms with Crippen LogP contribution in [-0.4, -0.2) is 55.9 Å². The van der Waals surface area contributed by atoms with E-state index in [1.807, 2.05) is 29.8 Å². The van der Waals surface area contributed by atoms with E-state index in [9.17, 15) is 9.50 Å². The van der Waals surface area contributed by atoms with Crippen LogP contribution in [0.5, 0.6) is 5.75 Å². The van der Waals surface area contributed by atoms with Gasteiger partial charge in [-0.25, -0.2) is 19.0 Å². The van der Waals surface area contributed by atoms with E-state index in [4.69, 9.17) is 15.1 Å². The number of hydrogen-bond acceptors (Lipinski definition) is 6. The molecule has 3 heterocycles. The second-order valence-corrected chi connectivity index (χ2v) is 10.3. The van der Waals surface area contributed by atoms with Crippen LogP contribution in [0.15, 0.2) is 48.5 Å². The summed E-state index contributed by atoms with van der Waals surface area (Å²) in [5, 5.41) is 16.0. The highest BCUT2D eigenvalue weighted by Crippen LogP contribution is 2.30. The zero-order valence-electron chi connectivity index (χ0n) is 21.9. The number of phenols is 1. The average Bonchev–Trinajstić information content (AvgIpc) is 3.05. The van der Waals surface area contributed by atoms with Crippen molar-refractivity contribution >= 4 is 16.9 Å². The third-order valence-corrected chi connectivity index (χ3v) is 7.02. The number of nitrogens with zero attached hydrogens (tertiary/aromatic N) is 6. The summed E-state index contributed by atoms with van der Waals surface area (Å²) in [7, 11) is 0. The first-order valence-electron chi connectivity index (χ1n) is 13.2. The first-order chi connectivity index (χ1) is 17.9. The minimum Gasteiger partial charge on any atom is -0.508 e. The first-order valence-corrected chi connectivity index (χ1v) is 13.2. The lowest BCUT2D eigenvalue weighted by Gasteiger charge is -2.24. The lowest BCUT2D eigenvalue weighted by Crippen LogP contribution is -2.31. The Kier molecular flexibility index (Phi) is 7.37. The monoisotopic (exact) mass is 502 g/mol. The minimum atomic E-state index is -0.275. The number of fused-ring (bicyclic) bond motifs is 1. The normalized spacial score (nSPS) is 15.0. The maximum Gasteiger partial charge on any atom is 0.168 e. The van der Waals surface area contributed by atoms with Crippen LogP contribution in [0, 0.1) is 18.7 Å². The van der Waals surface area contributed by atoms with Gasteiger partial charge in [-0.2, -0.15) is 5.10 Å². The maximum atomic E-state index is 13.6. The van der Waals surface area contributed by atoms with Crippen molar-refractivity contribution in [2.75, 3.05) is 31.1 Å². The molecule has 1 fully saturated rings. The quantitative estimate of drug-likeness (QED) is 0.371. The fourth-order valence-corrected chi connectivity index (χ4v) is 4.95. The molecule has 0 atom stereocenters. The smallest absolute Gasteiger partial charge is 0.168 e. The molecule has 0 unspecified atom stereocenters. The highest BCUT2D eigenvalue weighted by Gasteiger charge is 2.24. The van der Waals surface area contributed by atoms with E-state index in [-0.39, 0.29) is 5.82 Å². The van der Waals surface area contributed by atoms with E-state index in [1.165, 1.54) is 12.1 Å². The van der Waals surface area contributed by atoms with Gasteiger partial charge in [-0.15, -0.1) is 0 Å². The van der Waals surface area contributed by atoms with Crippen LogP contribution >= 0.6 is 0 Å². The Hall–Kier alpha value is -3.52. The molecule has 0 aliphatic carbocycles. The van der Waals surface area contributed by atoms with Gasteiger partial charge in [0.05, 0.1) is 16.8 Å². The summed E-state index contributed by atoms with van der Waals surface area (Å²) in [6.07, 6.45) is 2.79. The summed E-state index contributed by atoms with van der Waals surface area (Å²) >= 11 is 0. The zero-order valence-corrected chi connectivity index (χ0v) is 21.9. The lowest BCUT2D eigenvalue weighted by atomic mass is 10.1. The molecule has 1 aliphatic heterocycles. The van der Waals surface area contributed by atoms with Crippen molar-refractivity contribution in [3.63, 3.8) is 0 Å². The van der Waals surface area contributed by atoms with E-state index in [0.717, 1.165) is 91.6 Å². The van der Waals surface area contributed by atoms with Gasteiger partial charge in [0.1, 0.15) is 23.2 Å². The van der Waals surface area contributed by atoms with Crippen molar-refractivity contribution in [3.05, 3.63) is 71.4 Å². The van der Waals surface area contributed by atoms with Crippen molar-refractivity contribution in [2.24, 2.45) is 5.92 Å². The summed E-state index contributed by atoms with van der Waals surface area (Å²) in [6.45, 7) is 10.7. The molecule has 0 amide bonds. The molecular formula is C29H35FN6O. The molecule has 1 aliphatic rings. The number of rotatable bonds is 7. The SMILES string of the molecule is Cc1nn(-c2ccc(F)cc2)c2nc(CCC(C)C)nc(N3CCCN(Cc4ccccc4O)CC3)c12. The number of aromatic hydroxyl groups is 1. The molecule has 37 heavy (non-hydrogen) atoms. The minimum absolute atomic E-state index is 0.275. The molecule has 1 N–H and O–H groups in total. The molecule has 4 aromatic rings. The fourth-order valence-electron chi connectivity index (χ4n) is 4.95. The zero-order chi connectivity index (χ0) is 25.9. The summed E-state index contributed by atoms with van der Waals surface area (Å²) in [4.78, 5) is 14.8. The van der Waals surface area contributed by atoms with Crippen LogP contribution in [0.25, 0.3) is 16.7 Å². The molecule has 194 valence electrons. The number of aromatic nitrogens is 4. The van der Waals surface area contributed by atoms with Crippen LogP contribution < -0.4 is 4.90 Å². The number of phenolic OH excluding ortho intramolecular Hbond substituents is 1. The van der Waals surface area contributed by atoms with Gasteiger partial charge in [0.2, 0.25) is 0 Å². The Balaban J connectivity index is 1.49. The number of aryl methyl sites for hydroxylation is 2. The predicted molar refractivity (Wildman–Crippen MR) is 145 cm³/mol. The van der Waals surface area contributed by atoms with Gasteiger partial charge in [0, 0.05) is 44.7 Å². The second kappa shape index (κ2) is 10.8. The maximum absolute atomic E-state index is 13.6. The fraction of sp³-hybridized carbons (Fsp3) is 0.414. The van der Waals surface area contributed by atoms with Crippen LogP contribution in [-0.2, 0) is 13.0 Å².